The molecule has 1 heterocycles. The average molecular weight is 267 g/mol. The molecule has 4 heteroatoms. The maximum atomic E-state index is 12.2. The molecule has 1 aliphatic carbocycles. The van der Waals surface area contributed by atoms with Gasteiger partial charge in [0.1, 0.15) is 0 Å². The lowest BCUT2D eigenvalue weighted by atomic mass is 10.0. The van der Waals surface area contributed by atoms with Gasteiger partial charge in [-0.05, 0) is 31.7 Å². The number of nitrogens with one attached hydrogen (secondary N) is 1. The number of nitrogens with two attached hydrogens (primary N) is 1. The number of hydrogen-bond acceptors (Lipinski definition) is 3. The van der Waals surface area contributed by atoms with Crippen molar-refractivity contribution in [3.63, 3.8) is 0 Å². The Morgan fingerprint density at radius 3 is 2.53 bits per heavy atom. The first-order valence-corrected chi connectivity index (χ1v) is 7.94. The average Bonchev–Trinajstić information content (AvgIpc) is 2.59. The van der Waals surface area contributed by atoms with E-state index < -0.39 is 0 Å². The molecule has 2 unspecified atom stereocenters. The summed E-state index contributed by atoms with van der Waals surface area (Å²) in [6.07, 6.45) is 8.65. The van der Waals surface area contributed by atoms with Crippen LogP contribution in [-0.2, 0) is 4.79 Å². The van der Waals surface area contributed by atoms with E-state index in [1.807, 2.05) is 0 Å². The summed E-state index contributed by atoms with van der Waals surface area (Å²) in [7, 11) is 0. The summed E-state index contributed by atoms with van der Waals surface area (Å²) in [5.41, 5.74) is 5.82. The van der Waals surface area contributed by atoms with Crippen molar-refractivity contribution in [1.29, 1.82) is 0 Å². The third kappa shape index (κ3) is 4.18. The molecule has 1 aliphatic heterocycles. The highest BCUT2D eigenvalue weighted by Crippen LogP contribution is 2.22. The van der Waals surface area contributed by atoms with Gasteiger partial charge in [0.05, 0.1) is 6.54 Å². The van der Waals surface area contributed by atoms with Crippen LogP contribution >= 0.6 is 0 Å². The van der Waals surface area contributed by atoms with Gasteiger partial charge >= 0.3 is 0 Å². The fourth-order valence-corrected chi connectivity index (χ4v) is 3.55. The molecule has 0 aromatic carbocycles. The first-order valence-electron chi connectivity index (χ1n) is 7.94. The maximum absolute atomic E-state index is 12.2. The van der Waals surface area contributed by atoms with Crippen LogP contribution in [0.2, 0.25) is 0 Å². The van der Waals surface area contributed by atoms with Crippen LogP contribution in [0.25, 0.3) is 0 Å². The zero-order chi connectivity index (χ0) is 13.7. The summed E-state index contributed by atoms with van der Waals surface area (Å²) in [6.45, 7) is 4.45. The second-order valence-electron chi connectivity index (χ2n) is 6.30. The van der Waals surface area contributed by atoms with E-state index >= 15 is 0 Å². The van der Waals surface area contributed by atoms with E-state index in [4.69, 9.17) is 5.73 Å². The smallest absolute Gasteiger partial charge is 0.234 e. The lowest BCUT2D eigenvalue weighted by Gasteiger charge is -2.26. The SMILES string of the molecule is CC1CCN(CC(=O)NC2CCCCCC2)C1CN. The van der Waals surface area contributed by atoms with E-state index in [9.17, 15) is 4.79 Å². The largest absolute Gasteiger partial charge is 0.352 e. The highest BCUT2D eigenvalue weighted by molar-refractivity contribution is 5.78. The van der Waals surface area contributed by atoms with E-state index in [-0.39, 0.29) is 5.91 Å². The van der Waals surface area contributed by atoms with Crippen molar-refractivity contribution in [2.45, 2.75) is 64.0 Å². The monoisotopic (exact) mass is 267 g/mol. The number of carbonyl (C=O) groups excluding carboxylic acids is 1. The Hall–Kier alpha value is -0.610. The standard InChI is InChI=1S/C15H29N3O/c1-12-8-9-18(14(12)10-16)11-15(19)17-13-6-4-2-3-5-7-13/h12-14H,2-11,16H2,1H3,(H,17,19). The van der Waals surface area contributed by atoms with E-state index in [0.29, 0.717) is 31.1 Å². The number of nitrogens with zero attached hydrogens (tertiary/aromatic N) is 1. The molecule has 110 valence electrons. The zero-order valence-corrected chi connectivity index (χ0v) is 12.2. The van der Waals surface area contributed by atoms with Crippen molar-refractivity contribution in [2.24, 2.45) is 11.7 Å². The van der Waals surface area contributed by atoms with Gasteiger partial charge in [-0.3, -0.25) is 9.69 Å². The van der Waals surface area contributed by atoms with Crippen molar-refractivity contribution >= 4 is 5.91 Å². The van der Waals surface area contributed by atoms with Crippen LogP contribution in [-0.4, -0.2) is 42.5 Å². The summed E-state index contributed by atoms with van der Waals surface area (Å²) < 4.78 is 0. The highest BCUT2D eigenvalue weighted by atomic mass is 16.2. The second-order valence-corrected chi connectivity index (χ2v) is 6.30. The molecule has 2 rings (SSSR count). The fourth-order valence-electron chi connectivity index (χ4n) is 3.55. The number of amides is 1. The van der Waals surface area contributed by atoms with Gasteiger partial charge in [-0.1, -0.05) is 32.6 Å². The zero-order valence-electron chi connectivity index (χ0n) is 12.2. The highest BCUT2D eigenvalue weighted by Gasteiger charge is 2.31. The molecule has 2 atom stereocenters. The van der Waals surface area contributed by atoms with Crippen LogP contribution in [0.1, 0.15) is 51.9 Å². The molecule has 1 amide bonds. The predicted octanol–water partition coefficient (Wildman–Crippen LogP) is 1.49. The lowest BCUT2D eigenvalue weighted by molar-refractivity contribution is -0.123. The number of hydrogen-bond donors (Lipinski definition) is 2. The number of carbonyl (C=O) groups is 1. The molecular formula is C15H29N3O. The van der Waals surface area contributed by atoms with E-state index in [1.54, 1.807) is 0 Å². The third-order valence-electron chi connectivity index (χ3n) is 4.81. The van der Waals surface area contributed by atoms with E-state index in [1.165, 1.54) is 32.1 Å². The van der Waals surface area contributed by atoms with Gasteiger partial charge < -0.3 is 11.1 Å². The summed E-state index contributed by atoms with van der Waals surface area (Å²) in [6, 6.07) is 0.797. The van der Waals surface area contributed by atoms with Crippen molar-refractivity contribution in [1.82, 2.24) is 10.2 Å². The van der Waals surface area contributed by atoms with Crippen LogP contribution in [0.5, 0.6) is 0 Å². The van der Waals surface area contributed by atoms with Crippen molar-refractivity contribution in [3.05, 3.63) is 0 Å². The number of likely N-dealkylation sites (tertiary alicyclic amines) is 1. The Kier molecular flexibility index (Phi) is 5.64. The first-order chi connectivity index (χ1) is 9.20. The van der Waals surface area contributed by atoms with Crippen molar-refractivity contribution < 1.29 is 4.79 Å². The van der Waals surface area contributed by atoms with Gasteiger partial charge in [0.2, 0.25) is 5.91 Å². The van der Waals surface area contributed by atoms with Crippen molar-refractivity contribution in [3.8, 4) is 0 Å². The Bertz CT molecular complexity index is 287. The van der Waals surface area contributed by atoms with Gasteiger partial charge in [0.25, 0.3) is 0 Å². The Morgan fingerprint density at radius 2 is 1.89 bits per heavy atom. The van der Waals surface area contributed by atoms with Crippen LogP contribution in [0.15, 0.2) is 0 Å². The quantitative estimate of drug-likeness (QED) is 0.759. The molecule has 0 bridgehead atoms. The minimum atomic E-state index is 0.194. The Morgan fingerprint density at radius 1 is 1.21 bits per heavy atom. The minimum Gasteiger partial charge on any atom is -0.352 e. The fraction of sp³-hybridized carbons (Fsp3) is 0.933. The van der Waals surface area contributed by atoms with E-state index in [0.717, 1.165) is 19.4 Å². The predicted molar refractivity (Wildman–Crippen MR) is 77.8 cm³/mol. The van der Waals surface area contributed by atoms with Crippen LogP contribution < -0.4 is 11.1 Å². The lowest BCUT2D eigenvalue weighted by Crippen LogP contribution is -2.46. The number of rotatable bonds is 4. The molecule has 0 aromatic rings. The summed E-state index contributed by atoms with van der Waals surface area (Å²) in [5, 5.41) is 3.22. The summed E-state index contributed by atoms with van der Waals surface area (Å²) in [4.78, 5) is 14.4. The molecule has 0 spiro atoms. The Balaban J connectivity index is 1.77. The minimum absolute atomic E-state index is 0.194. The molecule has 1 saturated heterocycles. The Labute approximate surface area is 117 Å². The molecule has 0 radical (unpaired) electrons. The van der Waals surface area contributed by atoms with Gasteiger partial charge in [-0.15, -0.1) is 0 Å². The normalized spacial score (nSPS) is 30.2. The first kappa shape index (κ1) is 14.8. The molecule has 3 N–H and O–H groups in total. The van der Waals surface area contributed by atoms with Crippen molar-refractivity contribution in [2.75, 3.05) is 19.6 Å². The second kappa shape index (κ2) is 7.25. The van der Waals surface area contributed by atoms with Gasteiger partial charge in [-0.25, -0.2) is 0 Å². The molecule has 4 nitrogen and oxygen atoms in total. The summed E-state index contributed by atoms with van der Waals surface area (Å²) in [5.74, 6) is 0.815. The molecule has 0 aromatic heterocycles. The molecule has 2 fully saturated rings. The van der Waals surface area contributed by atoms with Gasteiger partial charge in [0, 0.05) is 18.6 Å². The topological polar surface area (TPSA) is 58.4 Å². The van der Waals surface area contributed by atoms with Crippen LogP contribution in [0.4, 0.5) is 0 Å². The molecular weight excluding hydrogens is 238 g/mol. The third-order valence-corrected chi connectivity index (χ3v) is 4.81. The van der Waals surface area contributed by atoms with Gasteiger partial charge in [-0.2, -0.15) is 0 Å². The molecule has 2 aliphatic rings. The molecule has 19 heavy (non-hydrogen) atoms. The van der Waals surface area contributed by atoms with Crippen LogP contribution in [0.3, 0.4) is 0 Å². The molecule has 1 saturated carbocycles. The maximum Gasteiger partial charge on any atom is 0.234 e. The van der Waals surface area contributed by atoms with Crippen LogP contribution in [0, 0.1) is 5.92 Å². The van der Waals surface area contributed by atoms with E-state index in [2.05, 4.69) is 17.1 Å². The van der Waals surface area contributed by atoms with Gasteiger partial charge in [0.15, 0.2) is 0 Å². The summed E-state index contributed by atoms with van der Waals surface area (Å²) >= 11 is 0.